The van der Waals surface area contributed by atoms with E-state index in [0.717, 1.165) is 58.7 Å². The molecule has 2 unspecified atom stereocenters. The number of nitrogens with zero attached hydrogens (tertiary/aromatic N) is 6. The number of carbonyl (C=O) groups is 2. The lowest BCUT2D eigenvalue weighted by atomic mass is 10.1. The van der Waals surface area contributed by atoms with E-state index >= 15 is 0 Å². The highest BCUT2D eigenvalue weighted by atomic mass is 16.6. The number of hydrogen-bond donors (Lipinski definition) is 2. The molecule has 5 aromatic rings. The number of aryl methyl sites for hydroxylation is 1. The maximum atomic E-state index is 13.8. The molecule has 13 heteroatoms. The van der Waals surface area contributed by atoms with Gasteiger partial charge in [0.2, 0.25) is 0 Å². The second-order valence-electron chi connectivity index (χ2n) is 13.4. The number of ether oxygens (including phenoxy) is 3. The fourth-order valence-electron chi connectivity index (χ4n) is 7.46. The molecule has 0 radical (unpaired) electrons. The molecule has 2 saturated carbocycles. The summed E-state index contributed by atoms with van der Waals surface area (Å²) in [6.07, 6.45) is 5.49. The van der Waals surface area contributed by atoms with Crippen LogP contribution in [0.25, 0.3) is 44.8 Å². The lowest BCUT2D eigenvalue weighted by Crippen LogP contribution is -2.41. The van der Waals surface area contributed by atoms with Crippen molar-refractivity contribution in [2.45, 2.75) is 44.3 Å². The van der Waals surface area contributed by atoms with Crippen LogP contribution in [0.1, 0.15) is 36.0 Å². The first-order valence-electron chi connectivity index (χ1n) is 16.8. The number of rotatable bonds is 10. The third-order valence-electron chi connectivity index (χ3n) is 10.2. The number of amides is 2. The molecule has 49 heavy (non-hydrogen) atoms. The first-order chi connectivity index (χ1) is 23.8. The number of methoxy groups -OCH3 is 2. The van der Waals surface area contributed by atoms with Crippen molar-refractivity contribution in [3.05, 3.63) is 54.2 Å². The van der Waals surface area contributed by atoms with Crippen LogP contribution in [0.5, 0.6) is 5.75 Å². The van der Waals surface area contributed by atoms with E-state index in [0.29, 0.717) is 47.6 Å². The van der Waals surface area contributed by atoms with Crippen molar-refractivity contribution in [1.29, 1.82) is 0 Å². The number of carbonyl (C=O) groups excluding carboxylic acids is 2. The molecule has 3 aliphatic rings. The Labute approximate surface area is 283 Å². The van der Waals surface area contributed by atoms with Gasteiger partial charge in [-0.3, -0.25) is 10.1 Å². The first kappa shape index (κ1) is 31.3. The number of benzene rings is 1. The van der Waals surface area contributed by atoms with Gasteiger partial charge in [-0.25, -0.2) is 19.7 Å². The van der Waals surface area contributed by atoms with E-state index in [-0.39, 0.29) is 24.6 Å². The smallest absolute Gasteiger partial charge is 0.412 e. The van der Waals surface area contributed by atoms with Crippen LogP contribution >= 0.6 is 0 Å². The molecular formula is C36H40N8O5. The fourth-order valence-corrected chi connectivity index (χ4v) is 7.46. The van der Waals surface area contributed by atoms with Crippen LogP contribution in [-0.2, 0) is 23.1 Å². The Morgan fingerprint density at radius 1 is 1.02 bits per heavy atom. The van der Waals surface area contributed by atoms with Crippen molar-refractivity contribution < 1.29 is 23.8 Å². The number of pyridine rings is 2. The molecule has 8 rings (SSSR count). The van der Waals surface area contributed by atoms with E-state index in [4.69, 9.17) is 29.9 Å². The Kier molecular flexibility index (Phi) is 7.95. The molecule has 2 aliphatic carbocycles. The van der Waals surface area contributed by atoms with Gasteiger partial charge in [0.05, 0.1) is 30.6 Å². The molecule has 3 N–H and O–H groups in total. The number of nitrogens with two attached hydrogens (primary N) is 1. The second kappa shape index (κ2) is 12.5. The minimum absolute atomic E-state index is 0.0186. The van der Waals surface area contributed by atoms with Crippen LogP contribution < -0.4 is 15.8 Å². The van der Waals surface area contributed by atoms with Crippen molar-refractivity contribution in [3.63, 3.8) is 0 Å². The van der Waals surface area contributed by atoms with Crippen molar-refractivity contribution >= 4 is 39.9 Å². The molecule has 0 spiro atoms. The molecule has 1 aliphatic heterocycles. The fraction of sp³-hybridized carbons (Fsp3) is 0.417. The van der Waals surface area contributed by atoms with Crippen LogP contribution in [-0.4, -0.2) is 87.0 Å². The molecule has 3 fully saturated rings. The average molecular weight is 665 g/mol. The van der Waals surface area contributed by atoms with E-state index in [1.807, 2.05) is 40.8 Å². The van der Waals surface area contributed by atoms with Gasteiger partial charge < -0.3 is 34.0 Å². The maximum absolute atomic E-state index is 13.8. The predicted molar refractivity (Wildman–Crippen MR) is 184 cm³/mol. The van der Waals surface area contributed by atoms with Crippen molar-refractivity contribution in [3.8, 4) is 28.5 Å². The highest BCUT2D eigenvalue weighted by Gasteiger charge is 2.47. The molecule has 254 valence electrons. The Hall–Kier alpha value is -5.01. The highest BCUT2D eigenvalue weighted by Crippen LogP contribution is 2.40. The monoisotopic (exact) mass is 664 g/mol. The number of likely N-dealkylation sites (tertiary alicyclic amines) is 1. The Morgan fingerprint density at radius 2 is 1.88 bits per heavy atom. The summed E-state index contributed by atoms with van der Waals surface area (Å²) < 4.78 is 20.1. The third kappa shape index (κ3) is 5.66. The second-order valence-corrected chi connectivity index (χ2v) is 13.4. The summed E-state index contributed by atoms with van der Waals surface area (Å²) in [6.45, 7) is 2.00. The van der Waals surface area contributed by atoms with Crippen LogP contribution in [0, 0.1) is 11.8 Å². The first-order valence-corrected chi connectivity index (χ1v) is 16.8. The van der Waals surface area contributed by atoms with Crippen molar-refractivity contribution in [1.82, 2.24) is 29.0 Å². The zero-order valence-electron chi connectivity index (χ0n) is 27.9. The number of anilines is 1. The van der Waals surface area contributed by atoms with Gasteiger partial charge in [-0.05, 0) is 80.0 Å². The molecule has 2 amide bonds. The normalized spacial score (nSPS) is 20.0. The quantitative estimate of drug-likeness (QED) is 0.200. The molecule has 3 atom stereocenters. The zero-order chi connectivity index (χ0) is 33.8. The van der Waals surface area contributed by atoms with Gasteiger partial charge in [0.15, 0.2) is 5.82 Å². The molecular weight excluding hydrogens is 624 g/mol. The van der Waals surface area contributed by atoms with E-state index in [9.17, 15) is 9.59 Å². The predicted octanol–water partition coefficient (Wildman–Crippen LogP) is 4.83. The molecule has 2 bridgehead atoms. The Morgan fingerprint density at radius 3 is 2.57 bits per heavy atom. The number of aromatic nitrogens is 5. The standard InChI is InChI=1S/C36H40N8O5/c1-42-32-26(14-24(16-29(32)48-3)35(45)44-19-23-7-10-27(44)31(23)37)40-34(42)28-15-21-6-9-25(39-33(21)43(28)18-20-4-5-20)22-8-11-30(38-17-22)41-36(46)49-13-12-47-2/h6,8-9,11,14-17,20,23,27,31H,4-5,7,10,12-13,18-19,37H2,1-3H3,(H,38,41,46)/t23?,27?,31-/m1/s1. The SMILES string of the molecule is COCCOC(=O)Nc1ccc(-c2ccc3cc(-c4nc5cc(C(=O)N6CC7CCC6[C@@H]7N)cc(OC)c5n4C)n(CC4CC4)c3n2)cn1. The molecule has 4 aromatic heterocycles. The maximum Gasteiger partial charge on any atom is 0.412 e. The number of piperidine rings is 1. The van der Waals surface area contributed by atoms with Crippen molar-refractivity contribution in [2.24, 2.45) is 24.6 Å². The van der Waals surface area contributed by atoms with Gasteiger partial charge in [0, 0.05) is 62.0 Å². The molecule has 1 aromatic carbocycles. The van der Waals surface area contributed by atoms with Gasteiger partial charge in [-0.2, -0.15) is 0 Å². The van der Waals surface area contributed by atoms with E-state index in [2.05, 4.69) is 27.0 Å². The number of hydrogen-bond acceptors (Lipinski definition) is 9. The summed E-state index contributed by atoms with van der Waals surface area (Å²) in [7, 11) is 5.16. The van der Waals surface area contributed by atoms with Crippen molar-refractivity contribution in [2.75, 3.05) is 39.3 Å². The van der Waals surface area contributed by atoms with Gasteiger partial charge in [-0.15, -0.1) is 0 Å². The summed E-state index contributed by atoms with van der Waals surface area (Å²) in [5, 5.41) is 3.63. The summed E-state index contributed by atoms with van der Waals surface area (Å²) in [5.74, 6) is 2.69. The summed E-state index contributed by atoms with van der Waals surface area (Å²) in [4.78, 5) is 42.3. The molecule has 1 saturated heterocycles. The third-order valence-corrected chi connectivity index (χ3v) is 10.2. The molecule has 13 nitrogen and oxygen atoms in total. The topological polar surface area (TPSA) is 152 Å². The zero-order valence-corrected chi connectivity index (χ0v) is 27.9. The van der Waals surface area contributed by atoms with Gasteiger partial charge in [0.25, 0.3) is 5.91 Å². The number of nitrogens with one attached hydrogen (secondary N) is 1. The minimum Gasteiger partial charge on any atom is -0.494 e. The average Bonchev–Trinajstić information content (AvgIpc) is 3.51. The number of fused-ring (bicyclic) bond motifs is 4. The Balaban J connectivity index is 1.13. The molecule has 5 heterocycles. The lowest BCUT2D eigenvalue weighted by molar-refractivity contribution is 0.0700. The van der Waals surface area contributed by atoms with Crippen LogP contribution in [0.4, 0.5) is 10.6 Å². The Bertz CT molecular complexity index is 2070. The van der Waals surface area contributed by atoms with Crippen LogP contribution in [0.15, 0.2) is 48.7 Å². The van der Waals surface area contributed by atoms with Gasteiger partial charge >= 0.3 is 6.09 Å². The van der Waals surface area contributed by atoms with Gasteiger partial charge in [-0.1, -0.05) is 0 Å². The van der Waals surface area contributed by atoms with E-state index in [1.165, 1.54) is 12.8 Å². The van der Waals surface area contributed by atoms with E-state index < -0.39 is 6.09 Å². The van der Waals surface area contributed by atoms with E-state index in [1.54, 1.807) is 26.5 Å². The van der Waals surface area contributed by atoms with Crippen LogP contribution in [0.2, 0.25) is 0 Å². The summed E-state index contributed by atoms with van der Waals surface area (Å²) >= 11 is 0. The summed E-state index contributed by atoms with van der Waals surface area (Å²) in [6, 6.07) is 13.6. The summed E-state index contributed by atoms with van der Waals surface area (Å²) in [5.41, 5.74) is 11.9. The number of imidazole rings is 1. The minimum atomic E-state index is -0.590. The largest absolute Gasteiger partial charge is 0.494 e. The highest BCUT2D eigenvalue weighted by molar-refractivity contribution is 6.00. The van der Waals surface area contributed by atoms with Crippen LogP contribution in [0.3, 0.4) is 0 Å². The van der Waals surface area contributed by atoms with Gasteiger partial charge in [0.1, 0.15) is 29.3 Å². The lowest BCUT2D eigenvalue weighted by Gasteiger charge is -2.27.